The number of imidazole rings is 1. The van der Waals surface area contributed by atoms with Crippen molar-refractivity contribution in [1.29, 1.82) is 0 Å². The molecule has 0 spiro atoms. The number of ether oxygens (including phenoxy) is 1. The highest BCUT2D eigenvalue weighted by Crippen LogP contribution is 2.30. The fourth-order valence-electron chi connectivity index (χ4n) is 6.67. The first-order valence-corrected chi connectivity index (χ1v) is 18.1. The number of aromatic amines is 1. The van der Waals surface area contributed by atoms with Crippen molar-refractivity contribution in [2.45, 2.75) is 129 Å². The monoisotopic (exact) mass is 696 g/mol. The lowest BCUT2D eigenvalue weighted by Crippen LogP contribution is -2.58. The molecule has 12 nitrogen and oxygen atoms in total. The summed E-state index contributed by atoms with van der Waals surface area (Å²) < 4.78 is 5.45. The SMILES string of the molecule is CC(C)C[C@H](C[C@H](O)[C@H](CC1CCCCC1)NC(=O)C(Cc1cnc[nH]1)NC(=O)C(Cc1ccccc1)NC(=O)OC(C)(C)C)C(=O)N(C)C. The summed E-state index contributed by atoms with van der Waals surface area (Å²) in [5, 5.41) is 20.4. The Morgan fingerprint density at radius 1 is 0.940 bits per heavy atom. The first-order chi connectivity index (χ1) is 23.6. The van der Waals surface area contributed by atoms with Crippen LogP contribution in [-0.4, -0.2) is 87.7 Å². The van der Waals surface area contributed by atoms with Crippen LogP contribution >= 0.6 is 0 Å². The molecule has 12 heteroatoms. The van der Waals surface area contributed by atoms with Crippen LogP contribution in [0.15, 0.2) is 42.9 Å². The Morgan fingerprint density at radius 3 is 2.16 bits per heavy atom. The molecule has 5 N–H and O–H groups in total. The molecule has 0 aliphatic heterocycles. The second kappa shape index (κ2) is 19.5. The van der Waals surface area contributed by atoms with Gasteiger partial charge in [-0.15, -0.1) is 0 Å². The van der Waals surface area contributed by atoms with Crippen LogP contribution in [0.3, 0.4) is 0 Å². The van der Waals surface area contributed by atoms with E-state index in [1.165, 1.54) is 12.7 Å². The molecule has 50 heavy (non-hydrogen) atoms. The number of benzene rings is 1. The highest BCUT2D eigenvalue weighted by molar-refractivity contribution is 5.91. The summed E-state index contributed by atoms with van der Waals surface area (Å²) in [6.45, 7) is 9.32. The Bertz CT molecular complexity index is 1340. The van der Waals surface area contributed by atoms with Gasteiger partial charge in [0.1, 0.15) is 17.7 Å². The number of nitrogens with zero attached hydrogens (tertiary/aromatic N) is 2. The summed E-state index contributed by atoms with van der Waals surface area (Å²) in [6, 6.07) is 6.55. The van der Waals surface area contributed by atoms with Crippen molar-refractivity contribution in [3.63, 3.8) is 0 Å². The van der Waals surface area contributed by atoms with Gasteiger partial charge in [0.05, 0.1) is 18.5 Å². The summed E-state index contributed by atoms with van der Waals surface area (Å²) in [4.78, 5) is 62.8. The third-order valence-electron chi connectivity index (χ3n) is 9.08. The van der Waals surface area contributed by atoms with Crippen LogP contribution in [0.4, 0.5) is 4.79 Å². The zero-order chi connectivity index (χ0) is 36.8. The second-order valence-corrected chi connectivity index (χ2v) is 15.4. The van der Waals surface area contributed by atoms with Crippen molar-refractivity contribution in [1.82, 2.24) is 30.8 Å². The van der Waals surface area contributed by atoms with E-state index in [0.717, 1.165) is 31.2 Å². The number of rotatable bonds is 17. The van der Waals surface area contributed by atoms with Crippen molar-refractivity contribution >= 4 is 23.8 Å². The number of aromatic nitrogens is 2. The molecule has 2 aromatic rings. The van der Waals surface area contributed by atoms with Gasteiger partial charge in [0, 0.05) is 44.7 Å². The van der Waals surface area contributed by atoms with Crippen molar-refractivity contribution in [2.24, 2.45) is 17.8 Å². The van der Waals surface area contributed by atoms with E-state index in [0.29, 0.717) is 24.5 Å². The number of carbonyl (C=O) groups is 4. The number of nitrogens with one attached hydrogen (secondary N) is 4. The molecule has 1 aromatic heterocycles. The normalized spacial score (nSPS) is 16.8. The molecule has 0 bridgehead atoms. The van der Waals surface area contributed by atoms with E-state index in [1.54, 1.807) is 46.0 Å². The zero-order valence-corrected chi connectivity index (χ0v) is 31.0. The van der Waals surface area contributed by atoms with Crippen LogP contribution in [0.25, 0.3) is 0 Å². The Kier molecular flexibility index (Phi) is 15.8. The van der Waals surface area contributed by atoms with Gasteiger partial charge in [0.2, 0.25) is 17.7 Å². The summed E-state index contributed by atoms with van der Waals surface area (Å²) >= 11 is 0. The fraction of sp³-hybridized carbons (Fsp3) is 0.658. The predicted molar refractivity (Wildman–Crippen MR) is 193 cm³/mol. The van der Waals surface area contributed by atoms with Crippen LogP contribution in [0, 0.1) is 17.8 Å². The molecule has 4 amide bonds. The summed E-state index contributed by atoms with van der Waals surface area (Å²) in [7, 11) is 3.43. The Morgan fingerprint density at radius 2 is 1.58 bits per heavy atom. The number of amides is 4. The smallest absolute Gasteiger partial charge is 0.408 e. The Labute approximate surface area is 297 Å². The zero-order valence-electron chi connectivity index (χ0n) is 31.0. The third-order valence-corrected chi connectivity index (χ3v) is 9.08. The van der Waals surface area contributed by atoms with Crippen molar-refractivity contribution < 1.29 is 29.0 Å². The Balaban J connectivity index is 1.87. The van der Waals surface area contributed by atoms with Crippen molar-refractivity contribution in [3.05, 3.63) is 54.1 Å². The van der Waals surface area contributed by atoms with Crippen LogP contribution in [0.2, 0.25) is 0 Å². The maximum absolute atomic E-state index is 14.2. The maximum Gasteiger partial charge on any atom is 0.408 e. The van der Waals surface area contributed by atoms with Crippen LogP contribution in [0.1, 0.15) is 97.2 Å². The van der Waals surface area contributed by atoms with Gasteiger partial charge in [-0.2, -0.15) is 0 Å². The molecule has 2 unspecified atom stereocenters. The second-order valence-electron chi connectivity index (χ2n) is 15.4. The molecule has 1 aliphatic rings. The fourth-order valence-corrected chi connectivity index (χ4v) is 6.67. The lowest BCUT2D eigenvalue weighted by Gasteiger charge is -2.33. The van der Waals surface area contributed by atoms with E-state index >= 15 is 0 Å². The third kappa shape index (κ3) is 14.1. The van der Waals surface area contributed by atoms with E-state index in [1.807, 2.05) is 30.3 Å². The van der Waals surface area contributed by atoms with Crippen LogP contribution in [-0.2, 0) is 32.0 Å². The highest BCUT2D eigenvalue weighted by Gasteiger charge is 2.34. The van der Waals surface area contributed by atoms with Gasteiger partial charge < -0.3 is 35.7 Å². The lowest BCUT2D eigenvalue weighted by atomic mass is 9.81. The van der Waals surface area contributed by atoms with E-state index in [-0.39, 0.29) is 31.1 Å². The topological polar surface area (TPSA) is 166 Å². The molecule has 0 saturated heterocycles. The quantitative estimate of drug-likeness (QED) is 0.162. The largest absolute Gasteiger partial charge is 0.444 e. The average Bonchev–Trinajstić information content (AvgIpc) is 3.56. The van der Waals surface area contributed by atoms with Gasteiger partial charge in [-0.1, -0.05) is 76.3 Å². The summed E-state index contributed by atoms with van der Waals surface area (Å²) in [5.41, 5.74) is 0.667. The van der Waals surface area contributed by atoms with Crippen molar-refractivity contribution in [3.8, 4) is 0 Å². The number of hydrogen-bond acceptors (Lipinski definition) is 7. The average molecular weight is 697 g/mol. The minimum absolute atomic E-state index is 0.0492. The minimum atomic E-state index is -1.06. The summed E-state index contributed by atoms with van der Waals surface area (Å²) in [5.74, 6) is -0.906. The van der Waals surface area contributed by atoms with Gasteiger partial charge in [0.25, 0.3) is 0 Å². The van der Waals surface area contributed by atoms with E-state index in [4.69, 9.17) is 4.74 Å². The van der Waals surface area contributed by atoms with E-state index < -0.39 is 53.7 Å². The molecule has 1 fully saturated rings. The van der Waals surface area contributed by atoms with Gasteiger partial charge in [0.15, 0.2) is 0 Å². The molecular formula is C38H60N6O6. The van der Waals surface area contributed by atoms with Crippen molar-refractivity contribution in [2.75, 3.05) is 14.1 Å². The van der Waals surface area contributed by atoms with Gasteiger partial charge in [-0.05, 0) is 57.4 Å². The number of carbonyl (C=O) groups excluding carboxylic acids is 4. The van der Waals surface area contributed by atoms with Crippen LogP contribution in [0.5, 0.6) is 0 Å². The molecule has 1 saturated carbocycles. The molecule has 278 valence electrons. The van der Waals surface area contributed by atoms with E-state index in [9.17, 15) is 24.3 Å². The lowest BCUT2D eigenvalue weighted by molar-refractivity contribution is -0.135. The number of alkyl carbamates (subject to hydrolysis) is 1. The highest BCUT2D eigenvalue weighted by atomic mass is 16.6. The number of aliphatic hydroxyl groups is 1. The van der Waals surface area contributed by atoms with E-state index in [2.05, 4.69) is 39.8 Å². The van der Waals surface area contributed by atoms with Gasteiger partial charge >= 0.3 is 6.09 Å². The van der Waals surface area contributed by atoms with Crippen LogP contribution < -0.4 is 16.0 Å². The maximum atomic E-state index is 14.2. The molecule has 3 rings (SSSR count). The first-order valence-electron chi connectivity index (χ1n) is 18.1. The Hall–Kier alpha value is -3.93. The van der Waals surface area contributed by atoms with Gasteiger partial charge in [-0.3, -0.25) is 14.4 Å². The minimum Gasteiger partial charge on any atom is -0.444 e. The summed E-state index contributed by atoms with van der Waals surface area (Å²) in [6.07, 6.45) is 8.42. The molecule has 0 radical (unpaired) electrons. The molecule has 5 atom stereocenters. The molecule has 1 aliphatic carbocycles. The first kappa shape index (κ1) is 40.5. The number of aliphatic hydroxyl groups excluding tert-OH is 1. The number of hydrogen-bond donors (Lipinski definition) is 5. The number of H-pyrrole nitrogens is 1. The molecular weight excluding hydrogens is 636 g/mol. The molecule has 1 heterocycles. The predicted octanol–water partition coefficient (Wildman–Crippen LogP) is 4.53. The van der Waals surface area contributed by atoms with Gasteiger partial charge in [-0.25, -0.2) is 9.78 Å². The molecule has 1 aromatic carbocycles. The standard InChI is InChI=1S/C38H60N6O6/c1-25(2)18-28(36(48)44(6)7)21-33(45)30(19-26-14-10-8-11-15-26)41-35(47)32(22-29-23-39-24-40-29)42-34(46)31(20-27-16-12-9-13-17-27)43-37(49)50-38(3,4)5/h9,12-13,16-17,23-26,28,30-33,45H,8,10-11,14-15,18-22H2,1-7H3,(H,39,40)(H,41,47)(H,42,46)(H,43,49)/t28-,30+,31?,32?,33+/m1/s1.